The summed E-state index contributed by atoms with van der Waals surface area (Å²) in [4.78, 5) is 25.5. The summed E-state index contributed by atoms with van der Waals surface area (Å²) in [5, 5.41) is 3.61. The maximum Gasteiger partial charge on any atom is 0.246 e. The van der Waals surface area contributed by atoms with Gasteiger partial charge in [0.05, 0.1) is 0 Å². The summed E-state index contributed by atoms with van der Waals surface area (Å²) in [5.41, 5.74) is 0.897. The first-order chi connectivity index (χ1) is 10.6. The first-order valence-electron chi connectivity index (χ1n) is 7.60. The molecule has 0 aromatic heterocycles. The number of nitrogens with one attached hydrogen (secondary N) is 1. The van der Waals surface area contributed by atoms with E-state index in [4.69, 9.17) is 11.6 Å². The average molecular weight is 321 g/mol. The quantitative estimate of drug-likeness (QED) is 0.867. The first kappa shape index (κ1) is 16.6. The average Bonchev–Trinajstić information content (AvgIpc) is 2.53. The highest BCUT2D eigenvalue weighted by molar-refractivity contribution is 6.30. The minimum atomic E-state index is -0.0320. The van der Waals surface area contributed by atoms with Gasteiger partial charge in [-0.2, -0.15) is 0 Å². The molecule has 1 heterocycles. The number of likely N-dealkylation sites (tertiary alicyclic amines) is 1. The van der Waals surface area contributed by atoms with E-state index in [-0.39, 0.29) is 17.9 Å². The lowest BCUT2D eigenvalue weighted by Crippen LogP contribution is -2.49. The predicted molar refractivity (Wildman–Crippen MR) is 88.5 cm³/mol. The van der Waals surface area contributed by atoms with Crippen molar-refractivity contribution in [1.82, 2.24) is 10.2 Å². The maximum atomic E-state index is 12.3. The highest BCUT2D eigenvalue weighted by atomic mass is 35.5. The van der Waals surface area contributed by atoms with Crippen molar-refractivity contribution in [2.45, 2.75) is 32.2 Å². The van der Waals surface area contributed by atoms with E-state index in [1.165, 1.54) is 0 Å². The number of amides is 2. The standard InChI is InChI=1S/C17H21ClN2O2/c1-2-16(21)19-15-7-4-10-20(12-15)17(22)9-8-13-5-3-6-14(18)11-13/h3,5-6,8-9,11,15H,2,4,7,10,12H2,1H3,(H,19,21)/b9-8+. The van der Waals surface area contributed by atoms with Crippen LogP contribution in [0.15, 0.2) is 30.3 Å². The van der Waals surface area contributed by atoms with Gasteiger partial charge >= 0.3 is 0 Å². The Hall–Kier alpha value is -1.81. The summed E-state index contributed by atoms with van der Waals surface area (Å²) in [6.07, 6.45) is 5.64. The van der Waals surface area contributed by atoms with Gasteiger partial charge in [-0.3, -0.25) is 9.59 Å². The molecule has 1 aliphatic heterocycles. The Kier molecular flexibility index (Phi) is 6.01. The molecule has 0 spiro atoms. The van der Waals surface area contributed by atoms with E-state index in [0.717, 1.165) is 24.9 Å². The molecule has 0 radical (unpaired) electrons. The van der Waals surface area contributed by atoms with Gasteiger partial charge in [-0.1, -0.05) is 30.7 Å². The van der Waals surface area contributed by atoms with Gasteiger partial charge in [0.2, 0.25) is 11.8 Å². The number of rotatable bonds is 4. The molecular formula is C17H21ClN2O2. The fourth-order valence-corrected chi connectivity index (χ4v) is 2.71. The van der Waals surface area contributed by atoms with Crippen LogP contribution in [0.5, 0.6) is 0 Å². The van der Waals surface area contributed by atoms with E-state index < -0.39 is 0 Å². The van der Waals surface area contributed by atoms with E-state index >= 15 is 0 Å². The smallest absolute Gasteiger partial charge is 0.246 e. The van der Waals surface area contributed by atoms with Gasteiger partial charge < -0.3 is 10.2 Å². The minimum Gasteiger partial charge on any atom is -0.352 e. The van der Waals surface area contributed by atoms with Crippen LogP contribution < -0.4 is 5.32 Å². The third-order valence-corrected chi connectivity index (χ3v) is 3.92. The van der Waals surface area contributed by atoms with E-state index in [0.29, 0.717) is 18.0 Å². The van der Waals surface area contributed by atoms with Gasteiger partial charge in [0, 0.05) is 36.7 Å². The van der Waals surface area contributed by atoms with Gasteiger partial charge in [0.1, 0.15) is 0 Å². The number of benzene rings is 1. The van der Waals surface area contributed by atoms with Crippen LogP contribution in [0.1, 0.15) is 31.7 Å². The van der Waals surface area contributed by atoms with Crippen molar-refractivity contribution in [3.8, 4) is 0 Å². The molecule has 5 heteroatoms. The lowest BCUT2D eigenvalue weighted by molar-refractivity contribution is -0.129. The Morgan fingerprint density at radius 3 is 3.00 bits per heavy atom. The largest absolute Gasteiger partial charge is 0.352 e. The molecule has 2 amide bonds. The highest BCUT2D eigenvalue weighted by Crippen LogP contribution is 2.14. The number of nitrogens with zero attached hydrogens (tertiary/aromatic N) is 1. The molecule has 1 aromatic carbocycles. The SMILES string of the molecule is CCC(=O)NC1CCCN(C(=O)/C=C/c2cccc(Cl)c2)C1. The molecule has 1 fully saturated rings. The second-order valence-electron chi connectivity index (χ2n) is 5.43. The number of carbonyl (C=O) groups excluding carboxylic acids is 2. The summed E-state index contributed by atoms with van der Waals surface area (Å²) in [7, 11) is 0. The van der Waals surface area contributed by atoms with Crippen molar-refractivity contribution in [3.63, 3.8) is 0 Å². The van der Waals surface area contributed by atoms with Crippen LogP contribution in [0.3, 0.4) is 0 Å². The van der Waals surface area contributed by atoms with Crippen molar-refractivity contribution in [2.75, 3.05) is 13.1 Å². The first-order valence-corrected chi connectivity index (χ1v) is 7.98. The van der Waals surface area contributed by atoms with Crippen molar-refractivity contribution in [2.24, 2.45) is 0 Å². The van der Waals surface area contributed by atoms with Gasteiger partial charge in [-0.05, 0) is 36.6 Å². The summed E-state index contributed by atoms with van der Waals surface area (Å²) in [5.74, 6) is 0.00388. The van der Waals surface area contributed by atoms with Crippen LogP contribution >= 0.6 is 11.6 Å². The molecule has 1 N–H and O–H groups in total. The summed E-state index contributed by atoms with van der Waals surface area (Å²) < 4.78 is 0. The molecular weight excluding hydrogens is 300 g/mol. The van der Waals surface area contributed by atoms with Gasteiger partial charge in [0.25, 0.3) is 0 Å². The molecule has 1 atom stereocenters. The number of hydrogen-bond donors (Lipinski definition) is 1. The zero-order valence-corrected chi connectivity index (χ0v) is 13.5. The Balaban J connectivity index is 1.93. The van der Waals surface area contributed by atoms with E-state index in [1.807, 2.05) is 25.1 Å². The van der Waals surface area contributed by atoms with Gasteiger partial charge in [0.15, 0.2) is 0 Å². The number of carbonyl (C=O) groups is 2. The summed E-state index contributed by atoms with van der Waals surface area (Å²) in [6.45, 7) is 3.14. The zero-order chi connectivity index (χ0) is 15.9. The van der Waals surface area contributed by atoms with E-state index in [9.17, 15) is 9.59 Å². The van der Waals surface area contributed by atoms with E-state index in [2.05, 4.69) is 5.32 Å². The Bertz CT molecular complexity index is 572. The Labute approximate surface area is 136 Å². The van der Waals surface area contributed by atoms with Crippen molar-refractivity contribution in [1.29, 1.82) is 0 Å². The summed E-state index contributed by atoms with van der Waals surface area (Å²) >= 11 is 5.92. The van der Waals surface area contributed by atoms with Crippen LogP contribution in [-0.2, 0) is 9.59 Å². The molecule has 22 heavy (non-hydrogen) atoms. The monoisotopic (exact) mass is 320 g/mol. The predicted octanol–water partition coefficient (Wildman–Crippen LogP) is 2.87. The third kappa shape index (κ3) is 4.88. The Morgan fingerprint density at radius 2 is 2.27 bits per heavy atom. The number of halogens is 1. The fraction of sp³-hybridized carbons (Fsp3) is 0.412. The number of hydrogen-bond acceptors (Lipinski definition) is 2. The van der Waals surface area contributed by atoms with Crippen molar-refractivity contribution < 1.29 is 9.59 Å². The van der Waals surface area contributed by atoms with Crippen LogP contribution in [0.25, 0.3) is 6.08 Å². The molecule has 1 unspecified atom stereocenters. The highest BCUT2D eigenvalue weighted by Gasteiger charge is 2.23. The second-order valence-corrected chi connectivity index (χ2v) is 5.87. The van der Waals surface area contributed by atoms with Crippen molar-refractivity contribution >= 4 is 29.5 Å². The van der Waals surface area contributed by atoms with Crippen LogP contribution in [-0.4, -0.2) is 35.8 Å². The van der Waals surface area contributed by atoms with Crippen molar-refractivity contribution in [3.05, 3.63) is 40.9 Å². The summed E-state index contributed by atoms with van der Waals surface area (Å²) in [6, 6.07) is 7.42. The van der Waals surface area contributed by atoms with Crippen LogP contribution in [0.4, 0.5) is 0 Å². The van der Waals surface area contributed by atoms with Gasteiger partial charge in [-0.25, -0.2) is 0 Å². The molecule has 0 bridgehead atoms. The van der Waals surface area contributed by atoms with E-state index in [1.54, 1.807) is 23.1 Å². The molecule has 0 aliphatic carbocycles. The molecule has 4 nitrogen and oxygen atoms in total. The fourth-order valence-electron chi connectivity index (χ4n) is 2.51. The molecule has 0 saturated carbocycles. The zero-order valence-electron chi connectivity index (χ0n) is 12.7. The van der Waals surface area contributed by atoms with Crippen LogP contribution in [0.2, 0.25) is 5.02 Å². The maximum absolute atomic E-state index is 12.3. The molecule has 118 valence electrons. The normalized spacial score (nSPS) is 18.5. The lowest BCUT2D eigenvalue weighted by Gasteiger charge is -2.32. The minimum absolute atomic E-state index is 0.0320. The molecule has 1 aliphatic rings. The molecule has 2 rings (SSSR count). The molecule has 1 aromatic rings. The van der Waals surface area contributed by atoms with Gasteiger partial charge in [-0.15, -0.1) is 0 Å². The topological polar surface area (TPSA) is 49.4 Å². The van der Waals surface area contributed by atoms with Crippen LogP contribution in [0, 0.1) is 0 Å². The molecule has 1 saturated heterocycles. The lowest BCUT2D eigenvalue weighted by atomic mass is 10.1. The number of piperidine rings is 1. The second kappa shape index (κ2) is 7.99. The Morgan fingerprint density at radius 1 is 1.45 bits per heavy atom. The third-order valence-electron chi connectivity index (χ3n) is 3.69.